The van der Waals surface area contributed by atoms with E-state index < -0.39 is 5.82 Å². The lowest BCUT2D eigenvalue weighted by molar-refractivity contribution is -0.138. The Balaban J connectivity index is 1.25. The highest BCUT2D eigenvalue weighted by Crippen LogP contribution is 2.26. The van der Waals surface area contributed by atoms with E-state index >= 15 is 0 Å². The molecule has 1 amide bonds. The molecule has 2 fully saturated rings. The Kier molecular flexibility index (Phi) is 6.56. The van der Waals surface area contributed by atoms with E-state index in [2.05, 4.69) is 14.9 Å². The number of carbonyl (C=O) groups is 2. The minimum absolute atomic E-state index is 0.0271. The molecule has 2 saturated heterocycles. The molecule has 0 spiro atoms. The molecule has 2 aromatic rings. The minimum atomic E-state index is -0.577. The van der Waals surface area contributed by atoms with Crippen LogP contribution in [0.3, 0.4) is 0 Å². The van der Waals surface area contributed by atoms with Crippen molar-refractivity contribution in [2.24, 2.45) is 11.8 Å². The number of amides is 1. The molecule has 0 aliphatic carbocycles. The van der Waals surface area contributed by atoms with Gasteiger partial charge in [-0.25, -0.2) is 9.37 Å². The van der Waals surface area contributed by atoms with E-state index in [0.717, 1.165) is 38.0 Å². The predicted octanol–water partition coefficient (Wildman–Crippen LogP) is 2.53. The monoisotopic (exact) mass is 425 g/mol. The second kappa shape index (κ2) is 9.51. The summed E-state index contributed by atoms with van der Waals surface area (Å²) in [4.78, 5) is 37.7. The topological polar surface area (TPSA) is 92.4 Å². The first-order valence-electron chi connectivity index (χ1n) is 10.9. The number of hydrogen-bond acceptors (Lipinski definition) is 6. The van der Waals surface area contributed by atoms with Crippen LogP contribution in [-0.2, 0) is 11.3 Å². The Morgan fingerprint density at radius 1 is 1.00 bits per heavy atom. The molecular formula is C23H28FN5O2. The van der Waals surface area contributed by atoms with Gasteiger partial charge in [-0.2, -0.15) is 0 Å². The molecule has 4 rings (SSSR count). The number of likely N-dealkylation sites (tertiary alicyclic amines) is 2. The van der Waals surface area contributed by atoms with E-state index in [1.807, 2.05) is 17.0 Å². The number of Topliss-reactive ketones (excluding diaryl/α,β-unsaturated/α-hetero) is 1. The van der Waals surface area contributed by atoms with Gasteiger partial charge in [0.05, 0.1) is 0 Å². The van der Waals surface area contributed by atoms with Crippen LogP contribution in [-0.4, -0.2) is 57.6 Å². The molecule has 0 unspecified atom stereocenters. The maximum absolute atomic E-state index is 13.9. The Bertz CT molecular complexity index is 937. The van der Waals surface area contributed by atoms with E-state index in [1.165, 1.54) is 18.3 Å². The van der Waals surface area contributed by atoms with Gasteiger partial charge in [0.1, 0.15) is 11.5 Å². The summed E-state index contributed by atoms with van der Waals surface area (Å²) < 4.78 is 13.9. The number of nitrogen functional groups attached to an aromatic ring is 1. The molecule has 0 bridgehead atoms. The highest BCUT2D eigenvalue weighted by atomic mass is 19.1. The zero-order valence-corrected chi connectivity index (χ0v) is 17.5. The number of aromatic nitrogens is 2. The minimum Gasteiger partial charge on any atom is -0.384 e. The normalized spacial score (nSPS) is 18.8. The number of anilines is 1. The molecule has 2 aromatic heterocycles. The Labute approximate surface area is 181 Å². The van der Waals surface area contributed by atoms with Crippen molar-refractivity contribution in [1.29, 1.82) is 0 Å². The van der Waals surface area contributed by atoms with Crippen molar-refractivity contribution in [2.45, 2.75) is 32.2 Å². The number of rotatable bonds is 5. The third-order valence-electron chi connectivity index (χ3n) is 6.36. The van der Waals surface area contributed by atoms with Crippen LogP contribution in [0.5, 0.6) is 0 Å². The van der Waals surface area contributed by atoms with Crippen LogP contribution in [0.4, 0.5) is 10.2 Å². The summed E-state index contributed by atoms with van der Waals surface area (Å²) in [5.41, 5.74) is 6.80. The summed E-state index contributed by atoms with van der Waals surface area (Å²) in [6.45, 7) is 3.63. The van der Waals surface area contributed by atoms with Gasteiger partial charge < -0.3 is 10.6 Å². The van der Waals surface area contributed by atoms with Crippen molar-refractivity contribution in [3.63, 3.8) is 0 Å². The fourth-order valence-corrected chi connectivity index (χ4v) is 4.57. The average Bonchev–Trinajstić information content (AvgIpc) is 2.79. The molecule has 2 aliphatic heterocycles. The third-order valence-corrected chi connectivity index (χ3v) is 6.36. The number of piperidine rings is 2. The van der Waals surface area contributed by atoms with E-state index in [4.69, 9.17) is 5.73 Å². The highest BCUT2D eigenvalue weighted by molar-refractivity contribution is 5.96. The maximum atomic E-state index is 13.9. The van der Waals surface area contributed by atoms with Gasteiger partial charge in [-0.15, -0.1) is 0 Å². The summed E-state index contributed by atoms with van der Waals surface area (Å²) in [6.07, 6.45) is 5.93. The quantitative estimate of drug-likeness (QED) is 0.740. The lowest BCUT2D eigenvalue weighted by Gasteiger charge is -2.37. The number of nitrogens with two attached hydrogens (primary N) is 1. The van der Waals surface area contributed by atoms with Crippen molar-refractivity contribution in [3.05, 3.63) is 53.7 Å². The number of ketones is 1. The summed E-state index contributed by atoms with van der Waals surface area (Å²) in [5, 5.41) is 0. The Hall–Kier alpha value is -2.87. The highest BCUT2D eigenvalue weighted by Gasteiger charge is 2.33. The summed E-state index contributed by atoms with van der Waals surface area (Å²) in [6, 6.07) is 6.59. The molecule has 8 heteroatoms. The summed E-state index contributed by atoms with van der Waals surface area (Å²) in [7, 11) is 0. The van der Waals surface area contributed by atoms with Crippen LogP contribution in [0.1, 0.15) is 41.7 Å². The van der Waals surface area contributed by atoms with Crippen molar-refractivity contribution in [3.8, 4) is 0 Å². The number of nitrogens with zero attached hydrogens (tertiary/aromatic N) is 4. The molecule has 164 valence electrons. The largest absolute Gasteiger partial charge is 0.384 e. The summed E-state index contributed by atoms with van der Waals surface area (Å²) in [5.74, 6) is -0.372. The molecule has 0 aromatic carbocycles. The first-order valence-corrected chi connectivity index (χ1v) is 10.9. The van der Waals surface area contributed by atoms with Crippen LogP contribution in [0, 0.1) is 17.7 Å². The van der Waals surface area contributed by atoms with Gasteiger partial charge in [0.2, 0.25) is 5.91 Å². The molecule has 0 radical (unpaired) electrons. The standard InChI is InChI=1S/C23H28FN5O2/c24-19-2-1-8-27-21(19)22(30)17-6-12-29(13-7-17)23(31)18-4-10-28(11-5-18)15-16-3-9-26-20(25)14-16/h1-3,8-9,14,17-18H,4-7,10-13,15H2,(H2,25,26). The van der Waals surface area contributed by atoms with E-state index in [9.17, 15) is 14.0 Å². The van der Waals surface area contributed by atoms with Crippen molar-refractivity contribution >= 4 is 17.5 Å². The van der Waals surface area contributed by atoms with Gasteiger partial charge in [-0.1, -0.05) is 0 Å². The fraction of sp³-hybridized carbons (Fsp3) is 0.478. The zero-order chi connectivity index (χ0) is 21.8. The second-order valence-electron chi connectivity index (χ2n) is 8.44. The second-order valence-corrected chi connectivity index (χ2v) is 8.44. The summed E-state index contributed by atoms with van der Waals surface area (Å²) >= 11 is 0. The number of halogens is 1. The molecule has 2 N–H and O–H groups in total. The lowest BCUT2D eigenvalue weighted by Crippen LogP contribution is -2.46. The van der Waals surface area contributed by atoms with E-state index in [-0.39, 0.29) is 29.2 Å². The van der Waals surface area contributed by atoms with Crippen molar-refractivity contribution in [2.75, 3.05) is 31.9 Å². The SMILES string of the molecule is Nc1cc(CN2CCC(C(=O)N3CCC(C(=O)c4ncccc4F)CC3)CC2)ccn1. The van der Waals surface area contributed by atoms with E-state index in [1.54, 1.807) is 6.20 Å². The first-order chi connectivity index (χ1) is 15.0. The fourth-order valence-electron chi connectivity index (χ4n) is 4.57. The van der Waals surface area contributed by atoms with Crippen LogP contribution in [0.2, 0.25) is 0 Å². The zero-order valence-electron chi connectivity index (χ0n) is 17.5. The van der Waals surface area contributed by atoms with Crippen LogP contribution in [0.25, 0.3) is 0 Å². The van der Waals surface area contributed by atoms with Gasteiger partial charge in [-0.3, -0.25) is 19.5 Å². The van der Waals surface area contributed by atoms with Crippen LogP contribution < -0.4 is 5.73 Å². The molecule has 0 atom stereocenters. The Morgan fingerprint density at radius 3 is 2.39 bits per heavy atom. The predicted molar refractivity (Wildman–Crippen MR) is 114 cm³/mol. The molecule has 31 heavy (non-hydrogen) atoms. The molecular weight excluding hydrogens is 397 g/mol. The van der Waals surface area contributed by atoms with Gasteiger partial charge in [0.15, 0.2) is 11.6 Å². The van der Waals surface area contributed by atoms with Gasteiger partial charge in [-0.05, 0) is 68.6 Å². The lowest BCUT2D eigenvalue weighted by atomic mass is 9.88. The molecule has 4 heterocycles. The van der Waals surface area contributed by atoms with Crippen LogP contribution >= 0.6 is 0 Å². The van der Waals surface area contributed by atoms with Gasteiger partial charge >= 0.3 is 0 Å². The third kappa shape index (κ3) is 5.07. The van der Waals surface area contributed by atoms with Crippen molar-refractivity contribution in [1.82, 2.24) is 19.8 Å². The van der Waals surface area contributed by atoms with Gasteiger partial charge in [0, 0.05) is 43.9 Å². The first kappa shape index (κ1) is 21.4. The number of hydrogen-bond donors (Lipinski definition) is 1. The molecule has 0 saturated carbocycles. The van der Waals surface area contributed by atoms with E-state index in [0.29, 0.717) is 31.7 Å². The smallest absolute Gasteiger partial charge is 0.225 e. The molecule has 7 nitrogen and oxygen atoms in total. The Morgan fingerprint density at radius 2 is 1.71 bits per heavy atom. The average molecular weight is 426 g/mol. The number of pyridine rings is 2. The van der Waals surface area contributed by atoms with Gasteiger partial charge in [0.25, 0.3) is 0 Å². The number of carbonyl (C=O) groups excluding carboxylic acids is 2. The van der Waals surface area contributed by atoms with Crippen molar-refractivity contribution < 1.29 is 14.0 Å². The molecule has 2 aliphatic rings. The maximum Gasteiger partial charge on any atom is 0.225 e. The van der Waals surface area contributed by atoms with Crippen LogP contribution in [0.15, 0.2) is 36.7 Å².